The molecule has 1 heterocycles. The summed E-state index contributed by atoms with van der Waals surface area (Å²) in [7, 11) is 0. The van der Waals surface area contributed by atoms with Crippen molar-refractivity contribution >= 4 is 5.97 Å². The van der Waals surface area contributed by atoms with Crippen molar-refractivity contribution in [3.8, 4) is 0 Å². The number of rotatable bonds is 5. The van der Waals surface area contributed by atoms with Gasteiger partial charge in [-0.25, -0.2) is 0 Å². The number of carbonyl (C=O) groups is 1. The van der Waals surface area contributed by atoms with Crippen LogP contribution in [-0.2, 0) is 14.3 Å². The van der Waals surface area contributed by atoms with E-state index in [0.717, 1.165) is 24.8 Å². The lowest BCUT2D eigenvalue weighted by Crippen LogP contribution is -2.43. The minimum Gasteiger partial charge on any atom is -0.466 e. The molecule has 0 aliphatic carbocycles. The molecule has 0 aromatic heterocycles. The second-order valence-electron chi connectivity index (χ2n) is 5.22. The average Bonchev–Trinajstić information content (AvgIpc) is 2.29. The van der Waals surface area contributed by atoms with Gasteiger partial charge in [-0.3, -0.25) is 4.79 Å². The Balaban J connectivity index is 2.75. The number of ether oxygens (including phenoxy) is 2. The van der Waals surface area contributed by atoms with E-state index in [4.69, 9.17) is 9.47 Å². The lowest BCUT2D eigenvalue weighted by atomic mass is 9.79. The number of esters is 1. The minimum atomic E-state index is -0.153. The van der Waals surface area contributed by atoms with Crippen LogP contribution in [0.15, 0.2) is 12.2 Å². The molecule has 0 bridgehead atoms. The third kappa shape index (κ3) is 3.58. The molecule has 0 aromatic rings. The first-order chi connectivity index (χ1) is 8.51. The van der Waals surface area contributed by atoms with Crippen LogP contribution in [0.5, 0.6) is 0 Å². The number of hydrogen-bond donors (Lipinski definition) is 0. The normalized spacial score (nSPS) is 32.0. The highest BCUT2D eigenvalue weighted by Crippen LogP contribution is 2.36. The van der Waals surface area contributed by atoms with Crippen LogP contribution in [0.3, 0.4) is 0 Å². The van der Waals surface area contributed by atoms with Crippen molar-refractivity contribution in [3.05, 3.63) is 12.2 Å². The van der Waals surface area contributed by atoms with Crippen molar-refractivity contribution in [2.75, 3.05) is 6.61 Å². The van der Waals surface area contributed by atoms with Gasteiger partial charge < -0.3 is 9.47 Å². The van der Waals surface area contributed by atoms with Crippen LogP contribution in [0.1, 0.15) is 47.0 Å². The van der Waals surface area contributed by atoms with Gasteiger partial charge in [-0.1, -0.05) is 25.5 Å². The Morgan fingerprint density at radius 1 is 1.39 bits per heavy atom. The van der Waals surface area contributed by atoms with Gasteiger partial charge in [0.25, 0.3) is 0 Å². The zero-order valence-corrected chi connectivity index (χ0v) is 12.1. The van der Waals surface area contributed by atoms with Crippen LogP contribution >= 0.6 is 0 Å². The summed E-state index contributed by atoms with van der Waals surface area (Å²) < 4.78 is 11.1. The van der Waals surface area contributed by atoms with Crippen molar-refractivity contribution in [2.45, 2.75) is 59.2 Å². The molecule has 1 rings (SSSR count). The summed E-state index contributed by atoms with van der Waals surface area (Å²) in [4.78, 5) is 11.9. The second kappa shape index (κ2) is 6.93. The molecule has 1 fully saturated rings. The van der Waals surface area contributed by atoms with Gasteiger partial charge in [0.2, 0.25) is 0 Å². The fourth-order valence-corrected chi connectivity index (χ4v) is 2.69. The maximum Gasteiger partial charge on any atom is 0.311 e. The van der Waals surface area contributed by atoms with Crippen LogP contribution in [-0.4, -0.2) is 24.8 Å². The van der Waals surface area contributed by atoms with Gasteiger partial charge in [0.1, 0.15) is 0 Å². The summed E-state index contributed by atoms with van der Waals surface area (Å²) in [6, 6.07) is 0. The summed E-state index contributed by atoms with van der Waals surface area (Å²) in [5.74, 6) is -0.0125. The standard InChI is InChI=1S/C15H26O3/c1-6-8-14-12(10(3)4)9-13(11(5)18-14)15(16)17-7-2/h11-14H,3,6-9H2,1-2,4-5H3/t11-,12+,13+,14+/m1/s1. The van der Waals surface area contributed by atoms with Crippen LogP contribution < -0.4 is 0 Å². The Kier molecular flexibility index (Phi) is 5.86. The molecule has 104 valence electrons. The summed E-state index contributed by atoms with van der Waals surface area (Å²) in [6.45, 7) is 12.5. The first kappa shape index (κ1) is 15.2. The Hall–Kier alpha value is -0.830. The summed E-state index contributed by atoms with van der Waals surface area (Å²) in [5.41, 5.74) is 1.11. The van der Waals surface area contributed by atoms with Gasteiger partial charge in [0.15, 0.2) is 0 Å². The predicted molar refractivity (Wildman–Crippen MR) is 72.3 cm³/mol. The van der Waals surface area contributed by atoms with Gasteiger partial charge in [0.05, 0.1) is 24.7 Å². The van der Waals surface area contributed by atoms with E-state index in [1.54, 1.807) is 0 Å². The smallest absolute Gasteiger partial charge is 0.311 e. The predicted octanol–water partition coefficient (Wildman–Crippen LogP) is 3.34. The molecule has 0 aromatic carbocycles. The van der Waals surface area contributed by atoms with Crippen LogP contribution in [0, 0.1) is 11.8 Å². The van der Waals surface area contributed by atoms with Crippen LogP contribution in [0.2, 0.25) is 0 Å². The number of hydrogen-bond acceptors (Lipinski definition) is 3. The van der Waals surface area contributed by atoms with Crippen molar-refractivity contribution in [2.24, 2.45) is 11.8 Å². The molecule has 0 N–H and O–H groups in total. The number of carbonyl (C=O) groups excluding carboxylic acids is 1. The highest BCUT2D eigenvalue weighted by molar-refractivity contribution is 5.73. The third-order valence-electron chi connectivity index (χ3n) is 3.71. The maximum absolute atomic E-state index is 11.9. The van der Waals surface area contributed by atoms with E-state index in [1.807, 2.05) is 20.8 Å². The lowest BCUT2D eigenvalue weighted by molar-refractivity contribution is -0.165. The molecule has 3 heteroatoms. The second-order valence-corrected chi connectivity index (χ2v) is 5.22. The molecule has 0 saturated carbocycles. The van der Waals surface area contributed by atoms with E-state index >= 15 is 0 Å². The highest BCUT2D eigenvalue weighted by atomic mass is 16.5. The Morgan fingerprint density at radius 2 is 2.06 bits per heavy atom. The first-order valence-corrected chi connectivity index (χ1v) is 6.98. The van der Waals surface area contributed by atoms with Crippen molar-refractivity contribution < 1.29 is 14.3 Å². The minimum absolute atomic E-state index is 0.0591. The highest BCUT2D eigenvalue weighted by Gasteiger charge is 2.39. The molecule has 4 atom stereocenters. The zero-order valence-electron chi connectivity index (χ0n) is 12.1. The van der Waals surface area contributed by atoms with E-state index in [0.29, 0.717) is 6.61 Å². The van der Waals surface area contributed by atoms with Crippen LogP contribution in [0.25, 0.3) is 0 Å². The van der Waals surface area contributed by atoms with E-state index in [-0.39, 0.29) is 30.0 Å². The Labute approximate surface area is 111 Å². The molecule has 0 unspecified atom stereocenters. The molecule has 3 nitrogen and oxygen atoms in total. The molecular weight excluding hydrogens is 228 g/mol. The molecule has 1 aliphatic heterocycles. The Bertz CT molecular complexity index is 298. The quantitative estimate of drug-likeness (QED) is 0.557. The van der Waals surface area contributed by atoms with Gasteiger partial charge in [-0.15, -0.1) is 0 Å². The average molecular weight is 254 g/mol. The molecule has 0 amide bonds. The van der Waals surface area contributed by atoms with Gasteiger partial charge >= 0.3 is 5.97 Å². The Morgan fingerprint density at radius 3 is 2.56 bits per heavy atom. The molecule has 1 aliphatic rings. The molecule has 1 saturated heterocycles. The van der Waals surface area contributed by atoms with Crippen LogP contribution in [0.4, 0.5) is 0 Å². The molecule has 0 radical (unpaired) electrons. The van der Waals surface area contributed by atoms with E-state index in [2.05, 4.69) is 13.5 Å². The summed E-state index contributed by atoms with van der Waals surface area (Å²) in [5, 5.41) is 0. The first-order valence-electron chi connectivity index (χ1n) is 6.98. The molecule has 0 spiro atoms. The lowest BCUT2D eigenvalue weighted by Gasteiger charge is -2.39. The fraction of sp³-hybridized carbons (Fsp3) is 0.800. The molecule has 18 heavy (non-hydrogen) atoms. The third-order valence-corrected chi connectivity index (χ3v) is 3.71. The SMILES string of the molecule is C=C(C)[C@@H]1C[C@H](C(=O)OCC)[C@@H](C)O[C@H]1CCC. The summed E-state index contributed by atoms with van der Waals surface area (Å²) in [6.07, 6.45) is 3.06. The van der Waals surface area contributed by atoms with Gasteiger partial charge in [0, 0.05) is 5.92 Å². The van der Waals surface area contributed by atoms with Gasteiger partial charge in [-0.05, 0) is 33.6 Å². The van der Waals surface area contributed by atoms with E-state index < -0.39 is 0 Å². The topological polar surface area (TPSA) is 35.5 Å². The van der Waals surface area contributed by atoms with Gasteiger partial charge in [-0.2, -0.15) is 0 Å². The maximum atomic E-state index is 11.9. The largest absolute Gasteiger partial charge is 0.466 e. The fourth-order valence-electron chi connectivity index (χ4n) is 2.69. The monoisotopic (exact) mass is 254 g/mol. The summed E-state index contributed by atoms with van der Waals surface area (Å²) >= 11 is 0. The van der Waals surface area contributed by atoms with Crippen molar-refractivity contribution in [1.82, 2.24) is 0 Å². The van der Waals surface area contributed by atoms with E-state index in [9.17, 15) is 4.79 Å². The molecular formula is C15H26O3. The zero-order chi connectivity index (χ0) is 13.7. The van der Waals surface area contributed by atoms with E-state index in [1.165, 1.54) is 0 Å². The van der Waals surface area contributed by atoms with Crippen molar-refractivity contribution in [3.63, 3.8) is 0 Å². The van der Waals surface area contributed by atoms with Crippen molar-refractivity contribution in [1.29, 1.82) is 0 Å².